The molecule has 0 saturated carbocycles. The number of hydrazine groups is 1. The molecule has 0 bridgehead atoms. The number of hydrogen-bond donors (Lipinski definition) is 2. The van der Waals surface area contributed by atoms with E-state index in [9.17, 15) is 36.3 Å². The summed E-state index contributed by atoms with van der Waals surface area (Å²) in [5.74, 6) is -6.34. The molecule has 1 aliphatic carbocycles. The van der Waals surface area contributed by atoms with Crippen molar-refractivity contribution in [1.29, 1.82) is 0 Å². The lowest BCUT2D eigenvalue weighted by molar-refractivity contribution is -0.155. The Hall–Kier alpha value is -4.02. The van der Waals surface area contributed by atoms with Gasteiger partial charge < -0.3 is 5.32 Å². The number of hydrogen-bond acceptors (Lipinski definition) is 3. The van der Waals surface area contributed by atoms with Crippen LogP contribution in [0.1, 0.15) is 48.3 Å². The lowest BCUT2D eigenvalue weighted by atomic mass is 9.83. The van der Waals surface area contributed by atoms with E-state index in [4.69, 9.17) is 0 Å². The summed E-state index contributed by atoms with van der Waals surface area (Å²) in [5.41, 5.74) is 3.53. The quantitative estimate of drug-likeness (QED) is 0.535. The minimum atomic E-state index is -4.65. The number of halogens is 5. The molecule has 1 heterocycles. The van der Waals surface area contributed by atoms with Crippen LogP contribution in [-0.4, -0.2) is 34.9 Å². The molecule has 11 heteroatoms. The summed E-state index contributed by atoms with van der Waals surface area (Å²) < 4.78 is 67.4. The Morgan fingerprint density at radius 1 is 1.08 bits per heavy atom. The highest BCUT2D eigenvalue weighted by Crippen LogP contribution is 2.44. The molecule has 0 aromatic heterocycles. The van der Waals surface area contributed by atoms with Gasteiger partial charge in [0.2, 0.25) is 5.91 Å². The van der Waals surface area contributed by atoms with Gasteiger partial charge in [0.25, 0.3) is 11.8 Å². The third-order valence-electron chi connectivity index (χ3n) is 6.37. The molecule has 0 radical (unpaired) electrons. The van der Waals surface area contributed by atoms with Crippen molar-refractivity contribution in [2.24, 2.45) is 0 Å². The predicted octanol–water partition coefficient (Wildman–Crippen LogP) is 4.55. The molecule has 200 valence electrons. The molecular formula is C27H24F5N3O3. The Kier molecular flexibility index (Phi) is 7.66. The van der Waals surface area contributed by atoms with Crippen molar-refractivity contribution >= 4 is 17.7 Å². The van der Waals surface area contributed by atoms with E-state index in [1.54, 1.807) is 30.4 Å². The molecule has 2 unspecified atom stereocenters. The van der Waals surface area contributed by atoms with Crippen molar-refractivity contribution in [2.75, 3.05) is 0 Å². The summed E-state index contributed by atoms with van der Waals surface area (Å²) in [7, 11) is 0. The zero-order valence-electron chi connectivity index (χ0n) is 20.2. The van der Waals surface area contributed by atoms with Gasteiger partial charge in [0.05, 0.1) is 24.5 Å². The van der Waals surface area contributed by atoms with E-state index in [1.807, 2.05) is 6.08 Å². The molecule has 2 aromatic rings. The Morgan fingerprint density at radius 2 is 1.74 bits per heavy atom. The number of alkyl halides is 3. The molecule has 0 saturated heterocycles. The second kappa shape index (κ2) is 10.8. The fourth-order valence-corrected chi connectivity index (χ4v) is 4.71. The van der Waals surface area contributed by atoms with Gasteiger partial charge in [-0.1, -0.05) is 36.4 Å². The molecule has 6 nitrogen and oxygen atoms in total. The second-order valence-electron chi connectivity index (χ2n) is 9.20. The van der Waals surface area contributed by atoms with Crippen LogP contribution in [0.3, 0.4) is 0 Å². The third-order valence-corrected chi connectivity index (χ3v) is 6.37. The predicted molar refractivity (Wildman–Crippen MR) is 127 cm³/mol. The van der Waals surface area contributed by atoms with E-state index in [0.29, 0.717) is 23.7 Å². The van der Waals surface area contributed by atoms with Gasteiger partial charge in [0.15, 0.2) is 0 Å². The molecule has 38 heavy (non-hydrogen) atoms. The van der Waals surface area contributed by atoms with Crippen LogP contribution in [0.5, 0.6) is 0 Å². The molecular weight excluding hydrogens is 509 g/mol. The second-order valence-corrected chi connectivity index (χ2v) is 9.20. The Morgan fingerprint density at radius 3 is 2.39 bits per heavy atom. The van der Waals surface area contributed by atoms with Gasteiger partial charge in [0.1, 0.15) is 17.7 Å². The van der Waals surface area contributed by atoms with Crippen LogP contribution in [0, 0.1) is 11.6 Å². The molecule has 2 N–H and O–H groups in total. The maximum Gasteiger partial charge on any atom is 0.390 e. The van der Waals surface area contributed by atoms with Crippen LogP contribution in [0.2, 0.25) is 0 Å². The molecule has 2 aliphatic rings. The van der Waals surface area contributed by atoms with E-state index in [1.165, 1.54) is 13.0 Å². The highest BCUT2D eigenvalue weighted by Gasteiger charge is 2.44. The number of rotatable bonds is 6. The smallest absolute Gasteiger partial charge is 0.344 e. The summed E-state index contributed by atoms with van der Waals surface area (Å²) in [6.07, 6.45) is -1.07. The summed E-state index contributed by atoms with van der Waals surface area (Å²) in [5, 5.41) is 3.22. The highest BCUT2D eigenvalue weighted by molar-refractivity contribution is 5.92. The number of carbonyl (C=O) groups excluding carboxylic acids is 3. The minimum absolute atomic E-state index is 0.0463. The lowest BCUT2D eigenvalue weighted by Crippen LogP contribution is -2.54. The Labute approximate surface area is 215 Å². The normalized spacial score (nSPS) is 19.6. The van der Waals surface area contributed by atoms with Crippen molar-refractivity contribution in [3.63, 3.8) is 0 Å². The van der Waals surface area contributed by atoms with Crippen LogP contribution >= 0.6 is 0 Å². The highest BCUT2D eigenvalue weighted by atomic mass is 19.4. The maximum atomic E-state index is 13.5. The molecule has 4 rings (SSSR count). The summed E-state index contributed by atoms with van der Waals surface area (Å²) in [6.45, 7) is 1.32. The number of amides is 3. The van der Waals surface area contributed by atoms with Crippen molar-refractivity contribution in [2.45, 2.75) is 50.2 Å². The summed E-state index contributed by atoms with van der Waals surface area (Å²) >= 11 is 0. The van der Waals surface area contributed by atoms with Gasteiger partial charge in [-0.3, -0.25) is 19.8 Å². The molecule has 0 spiro atoms. The van der Waals surface area contributed by atoms with Crippen molar-refractivity contribution in [1.82, 2.24) is 15.8 Å². The minimum Gasteiger partial charge on any atom is -0.344 e. The van der Waals surface area contributed by atoms with E-state index in [-0.39, 0.29) is 11.1 Å². The monoisotopic (exact) mass is 533 g/mol. The van der Waals surface area contributed by atoms with E-state index < -0.39 is 66.3 Å². The molecule has 2 aromatic carbocycles. The first kappa shape index (κ1) is 27.0. The SMILES string of the molecule is C[C@H](NC(=O)Cc1cc(F)cc(F)c1)C(=O)NN1C(=O)C(CC(F)(F)F)c2ccccc2C2CC=CC=C21. The van der Waals surface area contributed by atoms with Crippen molar-refractivity contribution in [3.8, 4) is 0 Å². The summed E-state index contributed by atoms with van der Waals surface area (Å²) in [6, 6.07) is 7.79. The first-order valence-corrected chi connectivity index (χ1v) is 11.8. The van der Waals surface area contributed by atoms with Crippen molar-refractivity contribution in [3.05, 3.63) is 94.7 Å². The first-order chi connectivity index (χ1) is 17.9. The molecule has 3 atom stereocenters. The van der Waals surface area contributed by atoms with Gasteiger partial charge in [-0.25, -0.2) is 13.8 Å². The molecule has 3 amide bonds. The number of allylic oxidation sites excluding steroid dienone is 4. The molecule has 0 fully saturated rings. The van der Waals surface area contributed by atoms with Crippen LogP contribution in [0.15, 0.2) is 66.4 Å². The maximum absolute atomic E-state index is 13.5. The first-order valence-electron chi connectivity index (χ1n) is 11.8. The number of fused-ring (bicyclic) bond motifs is 3. The van der Waals surface area contributed by atoms with E-state index >= 15 is 0 Å². The van der Waals surface area contributed by atoms with Gasteiger partial charge in [-0.2, -0.15) is 13.2 Å². The van der Waals surface area contributed by atoms with Gasteiger partial charge in [-0.15, -0.1) is 0 Å². The average molecular weight is 533 g/mol. The van der Waals surface area contributed by atoms with Crippen LogP contribution < -0.4 is 10.7 Å². The van der Waals surface area contributed by atoms with Crippen molar-refractivity contribution < 1.29 is 36.3 Å². The Bertz CT molecular complexity index is 1300. The fraction of sp³-hybridized carbons (Fsp3) is 0.296. The van der Waals surface area contributed by atoms with Crippen LogP contribution in [0.4, 0.5) is 22.0 Å². The standard InChI is InChI=1S/C27H24F5N3O3/c1-15(33-24(36)12-16-10-17(28)13-18(29)11-16)25(37)34-35-23-9-5-4-8-21(23)19-6-2-3-7-20(19)22(26(35)38)14-27(30,31)32/h2-7,9-11,13,15,21-22H,8,12,14H2,1H3,(H,33,36)(H,34,37)/t15-,21?,22?/m0/s1. The van der Waals surface area contributed by atoms with Gasteiger partial charge in [0, 0.05) is 12.0 Å². The van der Waals surface area contributed by atoms with E-state index in [0.717, 1.165) is 17.1 Å². The number of carbonyl (C=O) groups is 3. The number of nitrogens with one attached hydrogen (secondary N) is 2. The Balaban J connectivity index is 1.56. The van der Waals surface area contributed by atoms with E-state index in [2.05, 4.69) is 10.7 Å². The summed E-state index contributed by atoms with van der Waals surface area (Å²) in [4.78, 5) is 38.9. The number of nitrogens with zero attached hydrogens (tertiary/aromatic N) is 1. The topological polar surface area (TPSA) is 78.5 Å². The zero-order chi connectivity index (χ0) is 27.6. The largest absolute Gasteiger partial charge is 0.390 e. The third kappa shape index (κ3) is 6.09. The average Bonchev–Trinajstić information content (AvgIpc) is 2.92. The number of benzene rings is 2. The van der Waals surface area contributed by atoms with Crippen LogP contribution in [-0.2, 0) is 20.8 Å². The molecule has 1 aliphatic heterocycles. The lowest BCUT2D eigenvalue weighted by Gasteiger charge is -2.31. The van der Waals surface area contributed by atoms with Gasteiger partial charge in [-0.05, 0) is 48.2 Å². The van der Waals surface area contributed by atoms with Gasteiger partial charge >= 0.3 is 6.18 Å². The fourth-order valence-electron chi connectivity index (χ4n) is 4.71. The van der Waals surface area contributed by atoms with Crippen LogP contribution in [0.25, 0.3) is 0 Å². The zero-order valence-corrected chi connectivity index (χ0v) is 20.2.